The predicted molar refractivity (Wildman–Crippen MR) is 104 cm³/mol. The van der Waals surface area contributed by atoms with Crippen molar-refractivity contribution in [2.45, 2.75) is 31.3 Å². The second-order valence-electron chi connectivity index (χ2n) is 7.36. The average Bonchev–Trinajstić information content (AvgIpc) is 3.38. The molecule has 3 rings (SSSR count). The summed E-state index contributed by atoms with van der Waals surface area (Å²) >= 11 is 0. The molecule has 2 aromatic rings. The summed E-state index contributed by atoms with van der Waals surface area (Å²) in [7, 11) is 3.08. The SMILES string of the molecule is COC(=O)[C@H](Cc1c[nH]c2ccccc12)NC(=O)C[NH+](C)CC(=O)NC1CC1. The molecule has 4 N–H and O–H groups in total. The van der Waals surface area contributed by atoms with Gasteiger partial charge in [-0.05, 0) is 24.5 Å². The number of hydrogen-bond donors (Lipinski definition) is 4. The number of methoxy groups -OCH3 is 1. The number of aromatic nitrogens is 1. The molecule has 2 amide bonds. The van der Waals surface area contributed by atoms with Gasteiger partial charge < -0.3 is 25.3 Å². The maximum atomic E-state index is 12.4. The van der Waals surface area contributed by atoms with Gasteiger partial charge >= 0.3 is 5.97 Å². The monoisotopic (exact) mass is 387 g/mol. The highest BCUT2D eigenvalue weighted by atomic mass is 16.5. The number of esters is 1. The highest BCUT2D eigenvalue weighted by molar-refractivity contribution is 5.87. The highest BCUT2D eigenvalue weighted by Gasteiger charge is 2.27. The quantitative estimate of drug-likeness (QED) is 0.421. The van der Waals surface area contributed by atoms with Gasteiger partial charge in [0.25, 0.3) is 11.8 Å². The molecule has 1 aliphatic carbocycles. The summed E-state index contributed by atoms with van der Waals surface area (Å²) in [5, 5.41) is 6.66. The van der Waals surface area contributed by atoms with Crippen LogP contribution in [0.3, 0.4) is 0 Å². The molecule has 0 saturated heterocycles. The summed E-state index contributed by atoms with van der Waals surface area (Å²) in [5.74, 6) is -0.856. The van der Waals surface area contributed by atoms with Crippen molar-refractivity contribution >= 4 is 28.7 Å². The van der Waals surface area contributed by atoms with E-state index >= 15 is 0 Å². The number of amides is 2. The van der Waals surface area contributed by atoms with Crippen LogP contribution in [0.5, 0.6) is 0 Å². The Kier molecular flexibility index (Phi) is 6.30. The number of quaternary nitrogens is 1. The first-order valence-electron chi connectivity index (χ1n) is 9.49. The lowest BCUT2D eigenvalue weighted by molar-refractivity contribution is -0.862. The maximum Gasteiger partial charge on any atom is 0.328 e. The van der Waals surface area contributed by atoms with Crippen LogP contribution in [0.1, 0.15) is 18.4 Å². The Labute approximate surface area is 163 Å². The van der Waals surface area contributed by atoms with E-state index in [1.165, 1.54) is 7.11 Å². The van der Waals surface area contributed by atoms with Crippen LogP contribution >= 0.6 is 0 Å². The van der Waals surface area contributed by atoms with E-state index in [4.69, 9.17) is 4.74 Å². The second kappa shape index (κ2) is 8.88. The Morgan fingerprint density at radius 1 is 1.21 bits per heavy atom. The fourth-order valence-electron chi connectivity index (χ4n) is 3.22. The molecule has 1 aromatic heterocycles. The fourth-order valence-corrected chi connectivity index (χ4v) is 3.22. The Balaban J connectivity index is 1.57. The molecule has 1 unspecified atom stereocenters. The normalized spacial score (nSPS) is 15.6. The van der Waals surface area contributed by atoms with E-state index in [1.54, 1.807) is 7.05 Å². The minimum Gasteiger partial charge on any atom is -0.467 e. The minimum absolute atomic E-state index is 0.0592. The van der Waals surface area contributed by atoms with E-state index in [1.807, 2.05) is 30.5 Å². The summed E-state index contributed by atoms with van der Waals surface area (Å²) in [6, 6.07) is 7.29. The molecular weight excluding hydrogens is 360 g/mol. The number of benzene rings is 1. The van der Waals surface area contributed by atoms with Gasteiger partial charge in [-0.3, -0.25) is 9.59 Å². The van der Waals surface area contributed by atoms with E-state index < -0.39 is 12.0 Å². The summed E-state index contributed by atoms with van der Waals surface area (Å²) in [5.41, 5.74) is 1.90. The Hall–Kier alpha value is -2.87. The molecule has 1 aliphatic rings. The first-order chi connectivity index (χ1) is 13.5. The molecule has 8 nitrogen and oxygen atoms in total. The highest BCUT2D eigenvalue weighted by Crippen LogP contribution is 2.19. The number of ether oxygens (including phenoxy) is 1. The third-order valence-electron chi connectivity index (χ3n) is 4.79. The smallest absolute Gasteiger partial charge is 0.328 e. The average molecular weight is 387 g/mol. The van der Waals surface area contributed by atoms with Gasteiger partial charge in [0.1, 0.15) is 6.04 Å². The van der Waals surface area contributed by atoms with Crippen molar-refractivity contribution < 1.29 is 24.0 Å². The van der Waals surface area contributed by atoms with Gasteiger partial charge in [0.2, 0.25) is 0 Å². The first-order valence-corrected chi connectivity index (χ1v) is 9.49. The number of rotatable bonds is 9. The number of likely N-dealkylation sites (N-methyl/N-ethyl adjacent to an activating group) is 1. The standard InChI is InChI=1S/C20H26N4O4/c1-24(11-18(25)22-14-7-8-14)12-19(26)23-17(20(27)28-2)9-13-10-21-16-6-4-3-5-15(13)16/h3-6,10,14,17,21H,7-9,11-12H2,1-2H3,(H,22,25)(H,23,26)/p+1/t17-/m0/s1. The van der Waals surface area contributed by atoms with E-state index in [0.29, 0.717) is 12.5 Å². The zero-order chi connectivity index (χ0) is 20.1. The lowest BCUT2D eigenvalue weighted by Gasteiger charge is -2.18. The Morgan fingerprint density at radius 3 is 2.64 bits per heavy atom. The molecule has 1 aromatic carbocycles. The lowest BCUT2D eigenvalue weighted by atomic mass is 10.0. The van der Waals surface area contributed by atoms with Crippen molar-refractivity contribution in [3.05, 3.63) is 36.0 Å². The van der Waals surface area contributed by atoms with Gasteiger partial charge in [0, 0.05) is 29.6 Å². The molecule has 0 bridgehead atoms. The van der Waals surface area contributed by atoms with Crippen molar-refractivity contribution in [2.24, 2.45) is 0 Å². The summed E-state index contributed by atoms with van der Waals surface area (Å²) in [6.07, 6.45) is 4.22. The molecule has 28 heavy (non-hydrogen) atoms. The van der Waals surface area contributed by atoms with E-state index in [2.05, 4.69) is 15.6 Å². The zero-order valence-corrected chi connectivity index (χ0v) is 16.2. The number of fused-ring (bicyclic) bond motifs is 1. The van der Waals surface area contributed by atoms with Crippen LogP contribution in [0.2, 0.25) is 0 Å². The molecular formula is C20H27N4O4+. The van der Waals surface area contributed by atoms with Crippen molar-refractivity contribution in [1.82, 2.24) is 15.6 Å². The third-order valence-corrected chi connectivity index (χ3v) is 4.79. The molecule has 8 heteroatoms. The maximum absolute atomic E-state index is 12.4. The second-order valence-corrected chi connectivity index (χ2v) is 7.36. The van der Waals surface area contributed by atoms with Crippen molar-refractivity contribution in [3.8, 4) is 0 Å². The molecule has 1 saturated carbocycles. The van der Waals surface area contributed by atoms with Crippen molar-refractivity contribution in [1.29, 1.82) is 0 Å². The van der Waals surface area contributed by atoms with Crippen LogP contribution < -0.4 is 15.5 Å². The van der Waals surface area contributed by atoms with Crippen LogP contribution in [-0.4, -0.2) is 62.1 Å². The van der Waals surface area contributed by atoms with E-state index in [0.717, 1.165) is 34.2 Å². The summed E-state index contributed by atoms with van der Waals surface area (Å²) < 4.78 is 4.86. The number of hydrogen-bond acceptors (Lipinski definition) is 4. The number of carbonyl (C=O) groups excluding carboxylic acids is 3. The van der Waals surface area contributed by atoms with Crippen LogP contribution in [0.25, 0.3) is 10.9 Å². The molecule has 150 valence electrons. The number of carbonyl (C=O) groups is 3. The lowest BCUT2D eigenvalue weighted by Crippen LogP contribution is -3.11. The number of H-pyrrole nitrogens is 1. The Morgan fingerprint density at radius 2 is 1.93 bits per heavy atom. The van der Waals surface area contributed by atoms with Crippen LogP contribution in [0.15, 0.2) is 30.5 Å². The molecule has 2 atom stereocenters. The van der Waals surface area contributed by atoms with E-state index in [-0.39, 0.29) is 24.9 Å². The molecule has 1 heterocycles. The minimum atomic E-state index is -0.787. The van der Waals surface area contributed by atoms with E-state index in [9.17, 15) is 14.4 Å². The van der Waals surface area contributed by atoms with Crippen molar-refractivity contribution in [2.75, 3.05) is 27.2 Å². The van der Waals surface area contributed by atoms with Crippen LogP contribution in [0.4, 0.5) is 0 Å². The summed E-state index contributed by atoms with van der Waals surface area (Å²) in [6.45, 7) is 0.314. The topological polar surface area (TPSA) is 105 Å². The van der Waals surface area contributed by atoms with Gasteiger partial charge in [0.15, 0.2) is 13.1 Å². The molecule has 0 aliphatic heterocycles. The summed E-state index contributed by atoms with van der Waals surface area (Å²) in [4.78, 5) is 40.4. The molecule has 0 radical (unpaired) electrons. The van der Waals surface area contributed by atoms with Gasteiger partial charge in [-0.2, -0.15) is 0 Å². The van der Waals surface area contributed by atoms with Gasteiger partial charge in [-0.15, -0.1) is 0 Å². The van der Waals surface area contributed by atoms with Gasteiger partial charge in [-0.1, -0.05) is 18.2 Å². The predicted octanol–water partition coefficient (Wildman–Crippen LogP) is -0.838. The number of nitrogens with one attached hydrogen (secondary N) is 4. The van der Waals surface area contributed by atoms with Gasteiger partial charge in [-0.25, -0.2) is 4.79 Å². The van der Waals surface area contributed by atoms with Crippen molar-refractivity contribution in [3.63, 3.8) is 0 Å². The first kappa shape index (κ1) is 19.9. The van der Waals surface area contributed by atoms with Crippen LogP contribution in [0, 0.1) is 0 Å². The fraction of sp³-hybridized carbons (Fsp3) is 0.450. The molecule has 1 fully saturated rings. The molecule has 0 spiro atoms. The Bertz CT molecular complexity index is 859. The third kappa shape index (κ3) is 5.32. The largest absolute Gasteiger partial charge is 0.467 e. The number of aromatic amines is 1. The van der Waals surface area contributed by atoms with Gasteiger partial charge in [0.05, 0.1) is 14.2 Å². The number of para-hydroxylation sites is 1. The van der Waals surface area contributed by atoms with Crippen LogP contribution in [-0.2, 0) is 25.5 Å². The zero-order valence-electron chi connectivity index (χ0n) is 16.2.